The van der Waals surface area contributed by atoms with Gasteiger partial charge in [-0.3, -0.25) is 9.78 Å². The van der Waals surface area contributed by atoms with Gasteiger partial charge in [0.05, 0.1) is 35.2 Å². The summed E-state index contributed by atoms with van der Waals surface area (Å²) >= 11 is 0. The minimum atomic E-state index is -2.18. The molecule has 2 amide bonds. The first-order chi connectivity index (χ1) is 19.3. The largest absolute Gasteiger partial charge is 0.444 e. The van der Waals surface area contributed by atoms with E-state index in [9.17, 15) is 9.59 Å². The monoisotopic (exact) mass is 634 g/mol. The van der Waals surface area contributed by atoms with Gasteiger partial charge in [0, 0.05) is 30.8 Å². The van der Waals surface area contributed by atoms with E-state index >= 15 is 0 Å². The smallest absolute Gasteiger partial charge is 0.408 e. The van der Waals surface area contributed by atoms with Crippen molar-refractivity contribution in [3.8, 4) is 0 Å². The number of anilines is 1. The third kappa shape index (κ3) is 8.01. The van der Waals surface area contributed by atoms with Crippen LogP contribution >= 0.6 is 0 Å². The zero-order valence-corrected chi connectivity index (χ0v) is 31.2. The molecular weight excluding hydrogens is 577 g/mol. The van der Waals surface area contributed by atoms with E-state index < -0.39 is 34.2 Å². The number of hydrogen-bond acceptors (Lipinski definition) is 7. The topological polar surface area (TPSA) is 116 Å². The second-order valence-corrected chi connectivity index (χ2v) is 26.1. The number of ether oxygens (including phenoxy) is 1. The van der Waals surface area contributed by atoms with Gasteiger partial charge < -0.3 is 29.5 Å². The number of carbonyl (C=O) groups is 2. The highest BCUT2D eigenvalue weighted by molar-refractivity contribution is 6.74. The van der Waals surface area contributed by atoms with Crippen LogP contribution in [0.25, 0.3) is 0 Å². The summed E-state index contributed by atoms with van der Waals surface area (Å²) in [5.41, 5.74) is 8.44. The lowest BCUT2D eigenvalue weighted by molar-refractivity contribution is 0.0336. The van der Waals surface area contributed by atoms with E-state index in [0.717, 1.165) is 29.8 Å². The molecule has 3 N–H and O–H groups in total. The van der Waals surface area contributed by atoms with Crippen LogP contribution in [0.5, 0.6) is 0 Å². The van der Waals surface area contributed by atoms with Crippen LogP contribution in [0.3, 0.4) is 0 Å². The number of nitrogens with zero attached hydrogens (tertiary/aromatic N) is 2. The van der Waals surface area contributed by atoms with Gasteiger partial charge >= 0.3 is 6.09 Å². The van der Waals surface area contributed by atoms with Crippen LogP contribution in [-0.2, 0) is 20.0 Å². The fraction of sp³-hybridized carbons (Fsp3) is 0.781. The summed E-state index contributed by atoms with van der Waals surface area (Å²) in [6, 6.07) is -0.363. The average molecular weight is 635 g/mol. The first-order valence-corrected chi connectivity index (χ1v) is 21.6. The standard InChI is InChI=1S/C32H58N4O5Si2/c1-20-18-36(19-23(35-29(38)39-30(2,3)4)27(20)41-43(13,14)32(8,9)10)26-21-15-16-24(40-42(11,12)31(5,6)7)25(21)34-17-22(26)28(33)37/h17,20,23-24,27H,15-16,18-19H2,1-14H3,(H2,33,37)(H,35,38)/t20-,23+,24?,27?/m0/s1. The minimum Gasteiger partial charge on any atom is -0.444 e. The number of piperidine rings is 1. The zero-order chi connectivity index (χ0) is 32.9. The van der Waals surface area contributed by atoms with E-state index in [-0.39, 0.29) is 34.2 Å². The van der Waals surface area contributed by atoms with Crippen LogP contribution in [0, 0.1) is 5.92 Å². The van der Waals surface area contributed by atoms with E-state index in [1.807, 2.05) is 20.8 Å². The number of aromatic nitrogens is 1. The van der Waals surface area contributed by atoms with Gasteiger partial charge in [-0.1, -0.05) is 48.5 Å². The van der Waals surface area contributed by atoms with Crippen molar-refractivity contribution in [1.29, 1.82) is 0 Å². The molecule has 4 atom stereocenters. The van der Waals surface area contributed by atoms with Gasteiger partial charge in [-0.15, -0.1) is 0 Å². The molecule has 3 rings (SSSR count). The molecule has 1 fully saturated rings. The van der Waals surface area contributed by atoms with Gasteiger partial charge in [0.2, 0.25) is 0 Å². The molecule has 9 nitrogen and oxygen atoms in total. The SMILES string of the molecule is C[C@H]1CN(c2c(C(N)=O)cnc3c2CCC3O[Si](C)(C)C(C)(C)C)C[C@@H](NC(=O)OC(C)(C)C)C1O[Si](C)(C)C(C)(C)C. The lowest BCUT2D eigenvalue weighted by Crippen LogP contribution is -2.63. The van der Waals surface area contributed by atoms with Crippen molar-refractivity contribution in [2.45, 2.75) is 142 Å². The number of amides is 2. The molecule has 2 unspecified atom stereocenters. The Bertz CT molecular complexity index is 1200. The van der Waals surface area contributed by atoms with Gasteiger partial charge in [0.1, 0.15) is 5.60 Å². The third-order valence-corrected chi connectivity index (χ3v) is 18.8. The van der Waals surface area contributed by atoms with Crippen LogP contribution in [-0.4, -0.2) is 64.5 Å². The Kier molecular flexibility index (Phi) is 9.99. The van der Waals surface area contributed by atoms with Crippen LogP contribution in [0.1, 0.15) is 103 Å². The Morgan fingerprint density at radius 2 is 1.51 bits per heavy atom. The molecule has 2 heterocycles. The second-order valence-electron chi connectivity index (χ2n) is 16.6. The Morgan fingerprint density at radius 1 is 0.953 bits per heavy atom. The van der Waals surface area contributed by atoms with Crippen molar-refractivity contribution in [3.63, 3.8) is 0 Å². The lowest BCUT2D eigenvalue weighted by Gasteiger charge is -2.49. The minimum absolute atomic E-state index is 0.00451. The molecule has 2 aliphatic rings. The van der Waals surface area contributed by atoms with E-state index in [4.69, 9.17) is 24.3 Å². The molecular formula is C32H58N4O5Si2. The third-order valence-electron chi connectivity index (χ3n) is 9.79. The maximum Gasteiger partial charge on any atom is 0.408 e. The number of primary amides is 1. The van der Waals surface area contributed by atoms with Crippen LogP contribution in [0.15, 0.2) is 6.20 Å². The summed E-state index contributed by atoms with van der Waals surface area (Å²) in [6.45, 7) is 31.2. The van der Waals surface area contributed by atoms with Crippen molar-refractivity contribution in [1.82, 2.24) is 10.3 Å². The molecule has 1 aromatic rings. The summed E-state index contributed by atoms with van der Waals surface area (Å²) in [6.07, 6.45) is 2.35. The first-order valence-electron chi connectivity index (χ1n) is 15.8. The normalized spacial score (nSPS) is 23.6. The quantitative estimate of drug-likeness (QED) is 0.313. The van der Waals surface area contributed by atoms with E-state index in [1.165, 1.54) is 0 Å². The highest BCUT2D eigenvalue weighted by Gasteiger charge is 2.47. The van der Waals surface area contributed by atoms with Gasteiger partial charge in [-0.25, -0.2) is 4.79 Å². The summed E-state index contributed by atoms with van der Waals surface area (Å²) < 4.78 is 19.5. The second kappa shape index (κ2) is 12.1. The fourth-order valence-corrected chi connectivity index (χ4v) is 8.16. The zero-order valence-electron chi connectivity index (χ0n) is 29.2. The van der Waals surface area contributed by atoms with Crippen LogP contribution in [0.4, 0.5) is 10.5 Å². The molecule has 0 radical (unpaired) electrons. The summed E-state index contributed by atoms with van der Waals surface area (Å²) in [5.74, 6) is -0.462. The number of rotatable bonds is 7. The van der Waals surface area contributed by atoms with Crippen molar-refractivity contribution >= 4 is 34.3 Å². The Hall–Kier alpha value is -1.96. The molecule has 0 spiro atoms. The molecule has 1 aliphatic heterocycles. The van der Waals surface area contributed by atoms with E-state index in [2.05, 4.69) is 84.9 Å². The predicted molar refractivity (Wildman–Crippen MR) is 179 cm³/mol. The number of nitrogens with two attached hydrogens (primary N) is 1. The average Bonchev–Trinajstić information content (AvgIpc) is 3.19. The molecule has 0 bridgehead atoms. The fourth-order valence-electron chi connectivity index (χ4n) is 5.43. The number of alkyl carbamates (subject to hydrolysis) is 1. The lowest BCUT2D eigenvalue weighted by atomic mass is 9.91. The van der Waals surface area contributed by atoms with Gasteiger partial charge in [-0.05, 0) is 69.9 Å². The Morgan fingerprint density at radius 3 is 2.02 bits per heavy atom. The number of nitrogens with one attached hydrogen (secondary N) is 1. The molecule has 1 aliphatic carbocycles. The number of carbonyl (C=O) groups excluding carboxylic acids is 2. The molecule has 11 heteroatoms. The highest BCUT2D eigenvalue weighted by atomic mass is 28.4. The summed E-state index contributed by atoms with van der Waals surface area (Å²) in [4.78, 5) is 32.9. The van der Waals surface area contributed by atoms with E-state index in [0.29, 0.717) is 18.7 Å². The van der Waals surface area contributed by atoms with Crippen molar-refractivity contribution < 1.29 is 23.2 Å². The van der Waals surface area contributed by atoms with Crippen molar-refractivity contribution in [2.24, 2.45) is 11.7 Å². The molecule has 0 saturated carbocycles. The molecule has 1 aromatic heterocycles. The Balaban J connectivity index is 2.04. The van der Waals surface area contributed by atoms with Crippen molar-refractivity contribution in [2.75, 3.05) is 18.0 Å². The molecule has 1 saturated heterocycles. The van der Waals surface area contributed by atoms with Crippen molar-refractivity contribution in [3.05, 3.63) is 23.0 Å². The predicted octanol–water partition coefficient (Wildman–Crippen LogP) is 6.93. The van der Waals surface area contributed by atoms with Crippen LogP contribution in [0.2, 0.25) is 36.3 Å². The maximum atomic E-state index is 13.1. The molecule has 244 valence electrons. The van der Waals surface area contributed by atoms with Gasteiger partial charge in [0.15, 0.2) is 16.6 Å². The summed E-state index contributed by atoms with van der Waals surface area (Å²) in [5, 5.41) is 3.21. The summed E-state index contributed by atoms with van der Waals surface area (Å²) in [7, 11) is -4.23. The van der Waals surface area contributed by atoms with Gasteiger partial charge in [-0.2, -0.15) is 0 Å². The molecule has 43 heavy (non-hydrogen) atoms. The highest BCUT2D eigenvalue weighted by Crippen LogP contribution is 2.46. The Labute approximate surface area is 262 Å². The first kappa shape index (κ1) is 35.5. The molecule has 0 aromatic carbocycles. The number of pyridine rings is 1. The van der Waals surface area contributed by atoms with E-state index in [1.54, 1.807) is 6.20 Å². The number of hydrogen-bond donors (Lipinski definition) is 2. The van der Waals surface area contributed by atoms with Gasteiger partial charge in [0.25, 0.3) is 5.91 Å². The number of fused-ring (bicyclic) bond motifs is 1. The van der Waals surface area contributed by atoms with Crippen LogP contribution < -0.4 is 16.0 Å². The maximum absolute atomic E-state index is 13.1.